The van der Waals surface area contributed by atoms with E-state index in [9.17, 15) is 0 Å². The summed E-state index contributed by atoms with van der Waals surface area (Å²) in [6.07, 6.45) is 0. The van der Waals surface area contributed by atoms with Crippen molar-refractivity contribution in [3.8, 4) is 0 Å². The Morgan fingerprint density at radius 2 is 1.27 bits per heavy atom. The smallest absolute Gasteiger partial charge is 0.0190 e. The SMILES string of the molecule is CC1NCCNCCNC1C. The minimum atomic E-state index is 0.579. The molecule has 0 aromatic heterocycles. The molecule has 1 saturated heterocycles. The molecule has 0 saturated carbocycles. The molecule has 1 aliphatic heterocycles. The second kappa shape index (κ2) is 4.70. The zero-order valence-electron chi connectivity index (χ0n) is 7.48. The maximum atomic E-state index is 3.45. The molecule has 0 radical (unpaired) electrons. The van der Waals surface area contributed by atoms with Crippen molar-refractivity contribution < 1.29 is 0 Å². The second-order valence-electron chi connectivity index (χ2n) is 3.24. The van der Waals surface area contributed by atoms with Crippen LogP contribution in [0.25, 0.3) is 0 Å². The van der Waals surface area contributed by atoms with Crippen molar-refractivity contribution >= 4 is 0 Å². The van der Waals surface area contributed by atoms with Crippen LogP contribution in [0.3, 0.4) is 0 Å². The largest absolute Gasteiger partial charge is 0.314 e. The first-order valence-electron chi connectivity index (χ1n) is 4.48. The molecular weight excluding hydrogens is 138 g/mol. The summed E-state index contributed by atoms with van der Waals surface area (Å²) < 4.78 is 0. The predicted octanol–water partition coefficient (Wildman–Crippen LogP) is -0.454. The summed E-state index contributed by atoms with van der Waals surface area (Å²) >= 11 is 0. The Morgan fingerprint density at radius 3 is 1.73 bits per heavy atom. The molecule has 66 valence electrons. The van der Waals surface area contributed by atoms with Crippen molar-refractivity contribution in [1.29, 1.82) is 0 Å². The fourth-order valence-corrected chi connectivity index (χ4v) is 1.26. The first-order chi connectivity index (χ1) is 5.30. The van der Waals surface area contributed by atoms with Gasteiger partial charge in [0.1, 0.15) is 0 Å². The summed E-state index contributed by atoms with van der Waals surface area (Å²) in [7, 11) is 0. The minimum absolute atomic E-state index is 0.579. The number of nitrogens with one attached hydrogen (secondary N) is 3. The summed E-state index contributed by atoms with van der Waals surface area (Å²) in [4.78, 5) is 0. The van der Waals surface area contributed by atoms with Gasteiger partial charge in [-0.15, -0.1) is 0 Å². The fourth-order valence-electron chi connectivity index (χ4n) is 1.26. The van der Waals surface area contributed by atoms with Gasteiger partial charge in [0.15, 0.2) is 0 Å². The summed E-state index contributed by atoms with van der Waals surface area (Å²) in [5.74, 6) is 0. The van der Waals surface area contributed by atoms with Gasteiger partial charge < -0.3 is 16.0 Å². The Balaban J connectivity index is 2.29. The van der Waals surface area contributed by atoms with Crippen LogP contribution in [0.15, 0.2) is 0 Å². The zero-order chi connectivity index (χ0) is 8.10. The lowest BCUT2D eigenvalue weighted by atomic mass is 10.2. The lowest BCUT2D eigenvalue weighted by Crippen LogP contribution is -2.44. The van der Waals surface area contributed by atoms with Crippen molar-refractivity contribution in [2.24, 2.45) is 0 Å². The number of rotatable bonds is 0. The van der Waals surface area contributed by atoms with Gasteiger partial charge in [-0.2, -0.15) is 0 Å². The van der Waals surface area contributed by atoms with Crippen LogP contribution in [-0.2, 0) is 0 Å². The molecule has 3 N–H and O–H groups in total. The first kappa shape index (κ1) is 8.97. The molecule has 0 amide bonds. The average molecular weight is 157 g/mol. The van der Waals surface area contributed by atoms with Crippen molar-refractivity contribution in [2.75, 3.05) is 26.2 Å². The van der Waals surface area contributed by atoms with E-state index in [0.29, 0.717) is 12.1 Å². The Hall–Kier alpha value is -0.120. The normalized spacial score (nSPS) is 35.5. The zero-order valence-corrected chi connectivity index (χ0v) is 7.48. The van der Waals surface area contributed by atoms with E-state index in [2.05, 4.69) is 29.8 Å². The van der Waals surface area contributed by atoms with E-state index in [-0.39, 0.29) is 0 Å². The minimum Gasteiger partial charge on any atom is -0.314 e. The average Bonchev–Trinajstić information content (AvgIpc) is 2.07. The third kappa shape index (κ3) is 3.18. The lowest BCUT2D eigenvalue weighted by Gasteiger charge is -2.20. The van der Waals surface area contributed by atoms with Gasteiger partial charge in [-0.1, -0.05) is 0 Å². The Labute approximate surface area is 68.9 Å². The van der Waals surface area contributed by atoms with Gasteiger partial charge in [-0.25, -0.2) is 0 Å². The summed E-state index contributed by atoms with van der Waals surface area (Å²) in [5.41, 5.74) is 0. The summed E-state index contributed by atoms with van der Waals surface area (Å²) in [6.45, 7) is 8.77. The molecule has 0 aromatic rings. The monoisotopic (exact) mass is 157 g/mol. The molecule has 0 bridgehead atoms. The molecular formula is C8H19N3. The van der Waals surface area contributed by atoms with Gasteiger partial charge >= 0.3 is 0 Å². The molecule has 2 atom stereocenters. The molecule has 0 aliphatic carbocycles. The summed E-state index contributed by atoms with van der Waals surface area (Å²) in [6, 6.07) is 1.16. The standard InChI is InChI=1S/C8H19N3/c1-7-8(2)11-6-4-9-3-5-10-7/h7-11H,3-6H2,1-2H3. The molecule has 2 unspecified atom stereocenters. The third-order valence-electron chi connectivity index (χ3n) is 2.29. The topological polar surface area (TPSA) is 36.1 Å². The van der Waals surface area contributed by atoms with Crippen LogP contribution in [0.2, 0.25) is 0 Å². The molecule has 0 spiro atoms. The van der Waals surface area contributed by atoms with Crippen molar-refractivity contribution in [3.63, 3.8) is 0 Å². The quantitative estimate of drug-likeness (QED) is 0.445. The van der Waals surface area contributed by atoms with E-state index < -0.39 is 0 Å². The van der Waals surface area contributed by atoms with E-state index in [1.165, 1.54) is 0 Å². The highest BCUT2D eigenvalue weighted by Crippen LogP contribution is 1.91. The molecule has 11 heavy (non-hydrogen) atoms. The molecule has 0 aromatic carbocycles. The van der Waals surface area contributed by atoms with E-state index in [4.69, 9.17) is 0 Å². The molecule has 3 nitrogen and oxygen atoms in total. The van der Waals surface area contributed by atoms with Crippen LogP contribution in [0.4, 0.5) is 0 Å². The van der Waals surface area contributed by atoms with Gasteiger partial charge in [-0.3, -0.25) is 0 Å². The van der Waals surface area contributed by atoms with Crippen molar-refractivity contribution in [2.45, 2.75) is 25.9 Å². The van der Waals surface area contributed by atoms with Crippen LogP contribution in [0.1, 0.15) is 13.8 Å². The maximum absolute atomic E-state index is 3.45. The lowest BCUT2D eigenvalue weighted by molar-refractivity contribution is 0.429. The number of hydrogen-bond acceptors (Lipinski definition) is 3. The highest BCUT2D eigenvalue weighted by atomic mass is 15.1. The van der Waals surface area contributed by atoms with Gasteiger partial charge in [0.05, 0.1) is 0 Å². The summed E-state index contributed by atoms with van der Waals surface area (Å²) in [5, 5.41) is 10.2. The highest BCUT2D eigenvalue weighted by molar-refractivity contribution is 4.76. The van der Waals surface area contributed by atoms with Crippen molar-refractivity contribution in [3.05, 3.63) is 0 Å². The molecule has 3 heteroatoms. The molecule has 1 aliphatic rings. The Kier molecular flexibility index (Phi) is 3.83. The van der Waals surface area contributed by atoms with Crippen LogP contribution < -0.4 is 16.0 Å². The van der Waals surface area contributed by atoms with Crippen LogP contribution in [-0.4, -0.2) is 38.3 Å². The van der Waals surface area contributed by atoms with Crippen molar-refractivity contribution in [1.82, 2.24) is 16.0 Å². The molecule has 1 fully saturated rings. The highest BCUT2D eigenvalue weighted by Gasteiger charge is 2.10. The van der Waals surface area contributed by atoms with E-state index >= 15 is 0 Å². The van der Waals surface area contributed by atoms with E-state index in [0.717, 1.165) is 26.2 Å². The van der Waals surface area contributed by atoms with Crippen LogP contribution in [0, 0.1) is 0 Å². The van der Waals surface area contributed by atoms with Gasteiger partial charge in [-0.05, 0) is 13.8 Å². The van der Waals surface area contributed by atoms with Crippen LogP contribution >= 0.6 is 0 Å². The van der Waals surface area contributed by atoms with Crippen LogP contribution in [0.5, 0.6) is 0 Å². The Morgan fingerprint density at radius 1 is 0.818 bits per heavy atom. The van der Waals surface area contributed by atoms with Gasteiger partial charge in [0.2, 0.25) is 0 Å². The molecule has 1 heterocycles. The Bertz CT molecular complexity index is 93.5. The first-order valence-corrected chi connectivity index (χ1v) is 4.48. The van der Waals surface area contributed by atoms with E-state index in [1.807, 2.05) is 0 Å². The fraction of sp³-hybridized carbons (Fsp3) is 1.00. The maximum Gasteiger partial charge on any atom is 0.0190 e. The molecule has 1 rings (SSSR count). The van der Waals surface area contributed by atoms with E-state index in [1.54, 1.807) is 0 Å². The second-order valence-corrected chi connectivity index (χ2v) is 3.24. The third-order valence-corrected chi connectivity index (χ3v) is 2.29. The number of hydrogen-bond donors (Lipinski definition) is 3. The predicted molar refractivity (Wildman–Crippen MR) is 47.8 cm³/mol. The van der Waals surface area contributed by atoms with Gasteiger partial charge in [0, 0.05) is 38.3 Å². The van der Waals surface area contributed by atoms with Gasteiger partial charge in [0.25, 0.3) is 0 Å².